The first-order valence-corrected chi connectivity index (χ1v) is 12.7. The molecule has 3 N–H and O–H groups in total. The maximum atomic E-state index is 12.7. The highest BCUT2D eigenvalue weighted by atomic mass is 16.3. The Balaban J connectivity index is 1.45. The Morgan fingerprint density at radius 2 is 1.86 bits per heavy atom. The van der Waals surface area contributed by atoms with Crippen LogP contribution in [0, 0.1) is 24.2 Å². The highest BCUT2D eigenvalue weighted by molar-refractivity contribution is 5.93. The third-order valence-corrected chi connectivity index (χ3v) is 8.21. The predicted octanol–water partition coefficient (Wildman–Crippen LogP) is 4.17. The topological polar surface area (TPSA) is 96.8 Å². The van der Waals surface area contributed by atoms with Gasteiger partial charge in [-0.3, -0.25) is 9.20 Å². The van der Waals surface area contributed by atoms with Crippen molar-refractivity contribution in [2.45, 2.75) is 37.8 Å². The molecule has 2 aromatic carbocycles. The quantitative estimate of drug-likeness (QED) is 0.418. The van der Waals surface area contributed by atoms with Crippen LogP contribution in [0.25, 0.3) is 16.8 Å². The van der Waals surface area contributed by atoms with Crippen molar-refractivity contribution in [3.05, 3.63) is 83.9 Å². The fourth-order valence-corrected chi connectivity index (χ4v) is 6.31. The molecule has 4 aromatic rings. The van der Waals surface area contributed by atoms with Crippen LogP contribution in [0.15, 0.2) is 67.0 Å². The minimum Gasteiger partial charge on any atom is -0.382 e. The van der Waals surface area contributed by atoms with Crippen LogP contribution in [0.3, 0.4) is 0 Å². The van der Waals surface area contributed by atoms with Gasteiger partial charge in [-0.05, 0) is 48.6 Å². The van der Waals surface area contributed by atoms with Gasteiger partial charge in [0.25, 0.3) is 5.91 Å². The number of carbonyl (C=O) groups excluding carboxylic acids is 1. The van der Waals surface area contributed by atoms with Gasteiger partial charge in [-0.2, -0.15) is 0 Å². The molecule has 1 amide bonds. The van der Waals surface area contributed by atoms with Gasteiger partial charge in [0.15, 0.2) is 0 Å². The molecule has 186 valence electrons. The lowest BCUT2D eigenvalue weighted by Gasteiger charge is -2.25. The Bertz CT molecular complexity index is 1520. The van der Waals surface area contributed by atoms with E-state index in [0.717, 1.165) is 41.8 Å². The average molecular weight is 492 g/mol. The summed E-state index contributed by atoms with van der Waals surface area (Å²) in [5.41, 5.74) is 9.08. The molecule has 2 aliphatic rings. The second-order valence-corrected chi connectivity index (χ2v) is 10.3. The number of imidazole rings is 1. The smallest absolute Gasteiger partial charge is 0.298 e. The Hall–Kier alpha value is -4.15. The molecule has 0 spiro atoms. The molecule has 7 heteroatoms. The van der Waals surface area contributed by atoms with Crippen molar-refractivity contribution < 1.29 is 9.90 Å². The van der Waals surface area contributed by atoms with Gasteiger partial charge in [0.05, 0.1) is 6.04 Å². The van der Waals surface area contributed by atoms with E-state index in [4.69, 9.17) is 17.1 Å². The van der Waals surface area contributed by atoms with E-state index in [0.29, 0.717) is 35.4 Å². The lowest BCUT2D eigenvalue weighted by molar-refractivity contribution is -0.126. The number of aliphatic hydroxyl groups is 1. The van der Waals surface area contributed by atoms with Crippen LogP contribution in [0.2, 0.25) is 0 Å². The van der Waals surface area contributed by atoms with Gasteiger partial charge in [-0.25, -0.2) is 9.97 Å². The number of fused-ring (bicyclic) bond motifs is 2. The number of carbonyl (C=O) groups is 1. The number of rotatable bonds is 4. The summed E-state index contributed by atoms with van der Waals surface area (Å²) in [6.45, 7) is 2.45. The Labute approximate surface area is 216 Å². The number of hydrogen-bond acceptors (Lipinski definition) is 5. The van der Waals surface area contributed by atoms with Gasteiger partial charge in [0.1, 0.15) is 28.5 Å². The van der Waals surface area contributed by atoms with Crippen LogP contribution in [-0.4, -0.2) is 36.8 Å². The van der Waals surface area contributed by atoms with E-state index < -0.39 is 5.60 Å². The number of aromatic nitrogens is 3. The van der Waals surface area contributed by atoms with Crippen molar-refractivity contribution in [3.63, 3.8) is 0 Å². The molecule has 4 unspecified atom stereocenters. The first-order valence-electron chi connectivity index (χ1n) is 12.7. The van der Waals surface area contributed by atoms with Crippen molar-refractivity contribution in [1.29, 1.82) is 0 Å². The van der Waals surface area contributed by atoms with Gasteiger partial charge in [-0.1, -0.05) is 61.0 Å². The number of benzene rings is 2. The first kappa shape index (κ1) is 23.3. The monoisotopic (exact) mass is 491 g/mol. The molecule has 37 heavy (non-hydrogen) atoms. The summed E-state index contributed by atoms with van der Waals surface area (Å²) in [6, 6.07) is 17.1. The number of anilines is 1. The summed E-state index contributed by atoms with van der Waals surface area (Å²) in [7, 11) is 0. The summed E-state index contributed by atoms with van der Waals surface area (Å²) in [5.74, 6) is 3.89. The number of terminal acetylenes is 1. The maximum absolute atomic E-state index is 12.7. The minimum atomic E-state index is -1.14. The van der Waals surface area contributed by atoms with Crippen LogP contribution in [0.1, 0.15) is 49.2 Å². The van der Waals surface area contributed by atoms with E-state index >= 15 is 0 Å². The molecule has 1 saturated heterocycles. The molecular formula is C30H29N5O2. The zero-order valence-electron chi connectivity index (χ0n) is 20.7. The molecule has 3 heterocycles. The number of nitrogen functional groups attached to an aromatic ring is 1. The number of amides is 1. The molecule has 6 rings (SSSR count). The van der Waals surface area contributed by atoms with E-state index in [9.17, 15) is 9.90 Å². The fourth-order valence-electron chi connectivity index (χ4n) is 6.31. The molecule has 2 aromatic heterocycles. The largest absolute Gasteiger partial charge is 0.382 e. The van der Waals surface area contributed by atoms with Crippen LogP contribution >= 0.6 is 0 Å². The lowest BCUT2D eigenvalue weighted by atomic mass is 9.87. The van der Waals surface area contributed by atoms with Crippen LogP contribution < -0.4 is 5.73 Å². The highest BCUT2D eigenvalue weighted by Crippen LogP contribution is 2.50. The van der Waals surface area contributed by atoms with Crippen molar-refractivity contribution in [1.82, 2.24) is 19.3 Å². The third kappa shape index (κ3) is 3.68. The van der Waals surface area contributed by atoms with Gasteiger partial charge in [0, 0.05) is 24.5 Å². The summed E-state index contributed by atoms with van der Waals surface area (Å²) in [6.07, 6.45) is 12.3. The second-order valence-electron chi connectivity index (χ2n) is 10.3. The molecule has 1 aliphatic heterocycles. The molecule has 2 fully saturated rings. The summed E-state index contributed by atoms with van der Waals surface area (Å²) in [4.78, 5) is 24.0. The minimum absolute atomic E-state index is 0.211. The normalized spacial score (nSPS) is 22.5. The second kappa shape index (κ2) is 8.75. The van der Waals surface area contributed by atoms with Gasteiger partial charge in [0.2, 0.25) is 0 Å². The number of hydrogen-bond donors (Lipinski definition) is 2. The van der Waals surface area contributed by atoms with Gasteiger partial charge in [-0.15, -0.1) is 6.42 Å². The van der Waals surface area contributed by atoms with Crippen molar-refractivity contribution in [2.24, 2.45) is 11.8 Å². The number of likely N-dealkylation sites (tertiary alicyclic amines) is 1. The maximum Gasteiger partial charge on any atom is 0.298 e. The average Bonchev–Trinajstić information content (AvgIpc) is 3.62. The molecule has 7 nitrogen and oxygen atoms in total. The zero-order chi connectivity index (χ0) is 25.7. The Morgan fingerprint density at radius 1 is 1.14 bits per heavy atom. The third-order valence-electron chi connectivity index (χ3n) is 8.21. The zero-order valence-corrected chi connectivity index (χ0v) is 20.7. The van der Waals surface area contributed by atoms with E-state index in [1.165, 1.54) is 0 Å². The van der Waals surface area contributed by atoms with E-state index in [1.807, 2.05) is 70.1 Å². The number of nitrogens with zero attached hydrogens (tertiary/aromatic N) is 4. The Kier molecular flexibility index (Phi) is 5.50. The molecule has 0 radical (unpaired) electrons. The fraction of sp³-hybridized carbons (Fsp3) is 0.300. The van der Waals surface area contributed by atoms with Gasteiger partial charge < -0.3 is 15.7 Å². The summed E-state index contributed by atoms with van der Waals surface area (Å²) >= 11 is 0. The van der Waals surface area contributed by atoms with Crippen LogP contribution in [0.4, 0.5) is 5.82 Å². The van der Waals surface area contributed by atoms with Crippen LogP contribution in [0.5, 0.6) is 0 Å². The van der Waals surface area contributed by atoms with Crippen molar-refractivity contribution >= 4 is 17.2 Å². The van der Waals surface area contributed by atoms with Crippen LogP contribution in [-0.2, 0) is 10.4 Å². The molecular weight excluding hydrogens is 462 g/mol. The standard InChI is InChI=1S/C30H29N5O2/c1-3-24(36)35-18-20-8-7-11-23(20)26(35)29-33-25(27-28(31)32-16-17-34(27)29)19-12-14-22(15-13-19)30(2,37)21-9-5-4-6-10-21/h1,4-6,9-10,12-17,20,23,26,37H,7-8,11,18H2,2H3,(H2,31,32). The molecule has 1 saturated carbocycles. The highest BCUT2D eigenvalue weighted by Gasteiger charge is 2.48. The number of nitrogens with two attached hydrogens (primary N) is 1. The SMILES string of the molecule is C#CC(=O)N1CC2CCCC2C1c1nc(-c2ccc(C(C)(O)c3ccccc3)cc2)c2c(N)nccn12. The van der Waals surface area contributed by atoms with E-state index in [-0.39, 0.29) is 11.9 Å². The predicted molar refractivity (Wildman–Crippen MR) is 142 cm³/mol. The summed E-state index contributed by atoms with van der Waals surface area (Å²) < 4.78 is 1.97. The van der Waals surface area contributed by atoms with E-state index in [1.54, 1.807) is 13.1 Å². The Morgan fingerprint density at radius 3 is 2.59 bits per heavy atom. The first-order chi connectivity index (χ1) is 17.9. The van der Waals surface area contributed by atoms with Gasteiger partial charge >= 0.3 is 0 Å². The molecule has 4 atom stereocenters. The van der Waals surface area contributed by atoms with Crippen molar-refractivity contribution in [2.75, 3.05) is 12.3 Å². The van der Waals surface area contributed by atoms with E-state index in [2.05, 4.69) is 10.9 Å². The molecule has 1 aliphatic carbocycles. The molecule has 0 bridgehead atoms. The lowest BCUT2D eigenvalue weighted by Crippen LogP contribution is -2.32. The summed E-state index contributed by atoms with van der Waals surface area (Å²) in [5, 5.41) is 11.3. The van der Waals surface area contributed by atoms with Crippen molar-refractivity contribution in [3.8, 4) is 23.6 Å².